The Morgan fingerprint density at radius 2 is 2.12 bits per heavy atom. The van der Waals surface area contributed by atoms with Crippen LogP contribution in [-0.4, -0.2) is 41.2 Å². The number of furan rings is 1. The first-order valence-electron chi connectivity index (χ1n) is 7.66. The molecule has 24 heavy (non-hydrogen) atoms. The highest BCUT2D eigenvalue weighted by Gasteiger charge is 2.28. The highest BCUT2D eigenvalue weighted by molar-refractivity contribution is 5.96. The quantitative estimate of drug-likeness (QED) is 0.917. The summed E-state index contributed by atoms with van der Waals surface area (Å²) in [6.07, 6.45) is 1.36. The fourth-order valence-electron chi connectivity index (χ4n) is 2.69. The number of hydrogen-bond acceptors (Lipinski definition) is 4. The largest absolute Gasteiger partial charge is 0.467 e. The number of piperazine rings is 1. The SMILES string of the molecule is NCc1cc(C(=O)N2CCN(Cc3cccc(F)c3)C(=O)C2)co1. The zero-order valence-electron chi connectivity index (χ0n) is 13.1. The maximum Gasteiger partial charge on any atom is 0.257 e. The first kappa shape index (κ1) is 16.2. The summed E-state index contributed by atoms with van der Waals surface area (Å²) in [6.45, 7) is 1.37. The molecule has 6 nitrogen and oxygen atoms in total. The van der Waals surface area contributed by atoms with Crippen LogP contribution in [0.1, 0.15) is 21.7 Å². The molecule has 0 radical (unpaired) electrons. The number of benzene rings is 1. The van der Waals surface area contributed by atoms with Crippen LogP contribution in [0.25, 0.3) is 0 Å². The van der Waals surface area contributed by atoms with Crippen molar-refractivity contribution in [3.05, 3.63) is 59.3 Å². The van der Waals surface area contributed by atoms with E-state index in [1.165, 1.54) is 23.3 Å². The summed E-state index contributed by atoms with van der Waals surface area (Å²) in [4.78, 5) is 27.8. The molecule has 2 N–H and O–H groups in total. The molecule has 0 atom stereocenters. The highest BCUT2D eigenvalue weighted by Crippen LogP contribution is 2.15. The van der Waals surface area contributed by atoms with E-state index in [0.29, 0.717) is 31.0 Å². The van der Waals surface area contributed by atoms with E-state index >= 15 is 0 Å². The van der Waals surface area contributed by atoms with Crippen LogP contribution in [-0.2, 0) is 17.9 Å². The highest BCUT2D eigenvalue weighted by atomic mass is 19.1. The number of nitrogens with two attached hydrogens (primary N) is 1. The Morgan fingerprint density at radius 3 is 2.79 bits per heavy atom. The van der Waals surface area contributed by atoms with Crippen LogP contribution in [0.3, 0.4) is 0 Å². The molecule has 2 heterocycles. The van der Waals surface area contributed by atoms with Crippen molar-refractivity contribution in [2.75, 3.05) is 19.6 Å². The topological polar surface area (TPSA) is 79.8 Å². The van der Waals surface area contributed by atoms with Crippen molar-refractivity contribution in [1.29, 1.82) is 0 Å². The molecule has 7 heteroatoms. The van der Waals surface area contributed by atoms with E-state index < -0.39 is 0 Å². The molecule has 0 unspecified atom stereocenters. The van der Waals surface area contributed by atoms with E-state index in [2.05, 4.69) is 0 Å². The summed E-state index contributed by atoms with van der Waals surface area (Å²) in [5, 5.41) is 0. The number of nitrogens with zero attached hydrogens (tertiary/aromatic N) is 2. The average Bonchev–Trinajstić information content (AvgIpc) is 3.05. The Bertz CT molecular complexity index is 759. The van der Waals surface area contributed by atoms with Crippen molar-refractivity contribution < 1.29 is 18.4 Å². The summed E-state index contributed by atoms with van der Waals surface area (Å²) >= 11 is 0. The van der Waals surface area contributed by atoms with Gasteiger partial charge >= 0.3 is 0 Å². The van der Waals surface area contributed by atoms with Crippen LogP contribution in [0.2, 0.25) is 0 Å². The van der Waals surface area contributed by atoms with Crippen LogP contribution in [0, 0.1) is 5.82 Å². The van der Waals surface area contributed by atoms with Gasteiger partial charge in [0, 0.05) is 19.6 Å². The first-order chi connectivity index (χ1) is 11.6. The summed E-state index contributed by atoms with van der Waals surface area (Å²) in [6, 6.07) is 7.75. The number of carbonyl (C=O) groups excluding carboxylic acids is 2. The minimum absolute atomic E-state index is 0.00269. The maximum atomic E-state index is 13.2. The molecule has 126 valence electrons. The molecule has 1 aromatic heterocycles. The van der Waals surface area contributed by atoms with Gasteiger partial charge in [-0.25, -0.2) is 4.39 Å². The lowest BCUT2D eigenvalue weighted by molar-refractivity contribution is -0.135. The predicted molar refractivity (Wildman–Crippen MR) is 84.3 cm³/mol. The summed E-state index contributed by atoms with van der Waals surface area (Å²) < 4.78 is 18.4. The molecular formula is C17H18FN3O3. The van der Waals surface area contributed by atoms with Crippen molar-refractivity contribution in [2.45, 2.75) is 13.1 Å². The van der Waals surface area contributed by atoms with Crippen molar-refractivity contribution in [3.8, 4) is 0 Å². The molecule has 0 bridgehead atoms. The average molecular weight is 331 g/mol. The van der Waals surface area contributed by atoms with Crippen molar-refractivity contribution >= 4 is 11.8 Å². The summed E-state index contributed by atoms with van der Waals surface area (Å²) in [5.41, 5.74) is 6.58. The molecule has 0 aliphatic carbocycles. The Labute approximate surface area is 138 Å². The molecule has 0 saturated carbocycles. The zero-order chi connectivity index (χ0) is 17.1. The minimum Gasteiger partial charge on any atom is -0.467 e. The Hall–Kier alpha value is -2.67. The Balaban J connectivity index is 1.62. The molecule has 2 amide bonds. The van der Waals surface area contributed by atoms with E-state index in [4.69, 9.17) is 10.2 Å². The van der Waals surface area contributed by atoms with Gasteiger partial charge in [0.15, 0.2) is 0 Å². The van der Waals surface area contributed by atoms with Gasteiger partial charge in [0.1, 0.15) is 24.4 Å². The normalized spacial score (nSPS) is 15.0. The standard InChI is InChI=1S/C17H18FN3O3/c18-14-3-1-2-12(6-14)9-20-4-5-21(10-16(20)22)17(23)13-7-15(8-19)24-11-13/h1-3,6-7,11H,4-5,8-10,19H2. The summed E-state index contributed by atoms with van der Waals surface area (Å²) in [7, 11) is 0. The number of rotatable bonds is 4. The third-order valence-electron chi connectivity index (χ3n) is 3.97. The van der Waals surface area contributed by atoms with Crippen LogP contribution in [0.5, 0.6) is 0 Å². The van der Waals surface area contributed by atoms with Crippen LogP contribution in [0.15, 0.2) is 41.0 Å². The van der Waals surface area contributed by atoms with Crippen molar-refractivity contribution in [3.63, 3.8) is 0 Å². The van der Waals surface area contributed by atoms with Gasteiger partial charge in [0.2, 0.25) is 5.91 Å². The second-order valence-corrected chi connectivity index (χ2v) is 5.68. The van der Waals surface area contributed by atoms with Gasteiger partial charge in [-0.3, -0.25) is 9.59 Å². The number of carbonyl (C=O) groups is 2. The van der Waals surface area contributed by atoms with Crippen LogP contribution in [0.4, 0.5) is 4.39 Å². The van der Waals surface area contributed by atoms with Crippen LogP contribution < -0.4 is 5.73 Å². The van der Waals surface area contributed by atoms with Gasteiger partial charge in [-0.05, 0) is 23.8 Å². The zero-order valence-corrected chi connectivity index (χ0v) is 13.1. The van der Waals surface area contributed by atoms with E-state index in [0.717, 1.165) is 5.56 Å². The fraction of sp³-hybridized carbons (Fsp3) is 0.294. The summed E-state index contributed by atoms with van der Waals surface area (Å²) in [5.74, 6) is -0.225. The van der Waals surface area contributed by atoms with E-state index in [1.807, 2.05) is 0 Å². The second kappa shape index (κ2) is 6.84. The van der Waals surface area contributed by atoms with Gasteiger partial charge in [-0.1, -0.05) is 12.1 Å². The third-order valence-corrected chi connectivity index (χ3v) is 3.97. The van der Waals surface area contributed by atoms with Crippen molar-refractivity contribution in [1.82, 2.24) is 9.80 Å². The van der Waals surface area contributed by atoms with Gasteiger partial charge in [-0.15, -0.1) is 0 Å². The van der Waals surface area contributed by atoms with Crippen molar-refractivity contribution in [2.24, 2.45) is 5.73 Å². The molecule has 1 aromatic carbocycles. The molecule has 0 spiro atoms. The third kappa shape index (κ3) is 3.46. The van der Waals surface area contributed by atoms with Crippen LogP contribution >= 0.6 is 0 Å². The van der Waals surface area contributed by atoms with Gasteiger partial charge in [0.25, 0.3) is 5.91 Å². The van der Waals surface area contributed by atoms with Gasteiger partial charge in [0.05, 0.1) is 12.1 Å². The number of halogens is 1. The molecule has 3 rings (SSSR count). The molecule has 1 aliphatic heterocycles. The molecule has 2 aromatic rings. The monoisotopic (exact) mass is 331 g/mol. The smallest absolute Gasteiger partial charge is 0.257 e. The minimum atomic E-state index is -0.329. The van der Waals surface area contributed by atoms with Gasteiger partial charge < -0.3 is 20.0 Å². The number of hydrogen-bond donors (Lipinski definition) is 1. The van der Waals surface area contributed by atoms with E-state index in [9.17, 15) is 14.0 Å². The lowest BCUT2D eigenvalue weighted by atomic mass is 10.1. The lowest BCUT2D eigenvalue weighted by Gasteiger charge is -2.34. The molecular weight excluding hydrogens is 313 g/mol. The second-order valence-electron chi connectivity index (χ2n) is 5.68. The molecule has 1 fully saturated rings. The Morgan fingerprint density at radius 1 is 1.29 bits per heavy atom. The lowest BCUT2D eigenvalue weighted by Crippen LogP contribution is -2.51. The first-order valence-corrected chi connectivity index (χ1v) is 7.66. The van der Waals surface area contributed by atoms with E-state index in [1.54, 1.807) is 23.1 Å². The fourth-order valence-corrected chi connectivity index (χ4v) is 2.69. The van der Waals surface area contributed by atoms with Gasteiger partial charge in [-0.2, -0.15) is 0 Å². The number of amides is 2. The molecule has 1 saturated heterocycles. The molecule has 1 aliphatic rings. The predicted octanol–water partition coefficient (Wildman–Crippen LogP) is 1.36. The van der Waals surface area contributed by atoms with E-state index in [-0.39, 0.29) is 30.7 Å². The maximum absolute atomic E-state index is 13.2. The Kier molecular flexibility index (Phi) is 4.61.